The molecule has 0 saturated heterocycles. The number of carbonyl (C=O) groups excluding carboxylic acids is 1. The molecule has 7 heteroatoms. The Morgan fingerprint density at radius 1 is 1.50 bits per heavy atom. The lowest BCUT2D eigenvalue weighted by atomic mass is 10.3. The summed E-state index contributed by atoms with van der Waals surface area (Å²) in [6, 6.07) is 6.04. The first kappa shape index (κ1) is 16.5. The second kappa shape index (κ2) is 7.38. The molecule has 0 aliphatic heterocycles. The number of nitrogens with zero attached hydrogens (tertiary/aromatic N) is 3. The summed E-state index contributed by atoms with van der Waals surface area (Å²) >= 11 is 2.88. The van der Waals surface area contributed by atoms with E-state index < -0.39 is 0 Å². The monoisotopic (exact) mass is 332 g/mol. The molecule has 2 heterocycles. The van der Waals surface area contributed by atoms with E-state index in [1.807, 2.05) is 24.4 Å². The number of hydrogen-bond donors (Lipinski definition) is 1. The Morgan fingerprint density at radius 2 is 2.27 bits per heavy atom. The summed E-state index contributed by atoms with van der Waals surface area (Å²) in [5.41, 5.74) is 1.08. The van der Waals surface area contributed by atoms with Crippen molar-refractivity contribution in [1.82, 2.24) is 15.3 Å². The number of rotatable bonds is 5. The van der Waals surface area contributed by atoms with E-state index in [4.69, 9.17) is 0 Å². The molecule has 2 rings (SSSR count). The molecular formula is C15H16N4OS2. The number of thiophene rings is 1. The van der Waals surface area contributed by atoms with Gasteiger partial charge in [0.1, 0.15) is 22.5 Å². The van der Waals surface area contributed by atoms with E-state index in [1.54, 1.807) is 25.2 Å². The van der Waals surface area contributed by atoms with Crippen LogP contribution in [0, 0.1) is 25.2 Å². The predicted octanol–water partition coefficient (Wildman–Crippen LogP) is 3.00. The minimum absolute atomic E-state index is 0.0163. The fourth-order valence-corrected chi connectivity index (χ4v) is 3.56. The molecule has 0 aliphatic carbocycles. The third kappa shape index (κ3) is 4.06. The van der Waals surface area contributed by atoms with Gasteiger partial charge in [-0.3, -0.25) is 4.79 Å². The van der Waals surface area contributed by atoms with Gasteiger partial charge in [0.15, 0.2) is 0 Å². The van der Waals surface area contributed by atoms with E-state index in [0.29, 0.717) is 22.1 Å². The van der Waals surface area contributed by atoms with Crippen molar-refractivity contribution in [2.24, 2.45) is 0 Å². The first-order valence-corrected chi connectivity index (χ1v) is 8.58. The van der Waals surface area contributed by atoms with Gasteiger partial charge in [0.05, 0.1) is 17.5 Å². The van der Waals surface area contributed by atoms with Gasteiger partial charge in [-0.1, -0.05) is 17.8 Å². The van der Waals surface area contributed by atoms with Crippen LogP contribution in [0.1, 0.15) is 34.9 Å². The van der Waals surface area contributed by atoms with E-state index >= 15 is 0 Å². The van der Waals surface area contributed by atoms with Crippen LogP contribution in [-0.2, 0) is 4.79 Å². The fourth-order valence-electron chi connectivity index (χ4n) is 1.94. The third-order valence-electron chi connectivity index (χ3n) is 2.97. The number of aryl methyl sites for hydroxylation is 2. The number of nitrogens with one attached hydrogen (secondary N) is 1. The number of amides is 1. The summed E-state index contributed by atoms with van der Waals surface area (Å²) in [7, 11) is 0. The van der Waals surface area contributed by atoms with E-state index in [-0.39, 0.29) is 17.7 Å². The van der Waals surface area contributed by atoms with Gasteiger partial charge in [-0.05, 0) is 32.2 Å². The maximum atomic E-state index is 12.0. The molecule has 5 nitrogen and oxygen atoms in total. The number of hydrogen-bond acceptors (Lipinski definition) is 6. The van der Waals surface area contributed by atoms with Gasteiger partial charge in [-0.15, -0.1) is 11.3 Å². The topological polar surface area (TPSA) is 78.7 Å². The zero-order valence-corrected chi connectivity index (χ0v) is 14.2. The van der Waals surface area contributed by atoms with Crippen LogP contribution in [-0.4, -0.2) is 21.6 Å². The highest BCUT2D eigenvalue weighted by Crippen LogP contribution is 2.23. The zero-order valence-electron chi connectivity index (χ0n) is 12.6. The van der Waals surface area contributed by atoms with E-state index in [1.165, 1.54) is 11.8 Å². The lowest BCUT2D eigenvalue weighted by Crippen LogP contribution is -2.27. The predicted molar refractivity (Wildman–Crippen MR) is 87.8 cm³/mol. The van der Waals surface area contributed by atoms with Gasteiger partial charge in [0.2, 0.25) is 5.91 Å². The van der Waals surface area contributed by atoms with Crippen molar-refractivity contribution in [1.29, 1.82) is 5.26 Å². The Kier molecular flexibility index (Phi) is 5.52. The Hall–Kier alpha value is -1.91. The van der Waals surface area contributed by atoms with Crippen molar-refractivity contribution < 1.29 is 4.79 Å². The van der Waals surface area contributed by atoms with E-state index in [0.717, 1.165) is 4.88 Å². The number of carbonyl (C=O) groups is 1. The van der Waals surface area contributed by atoms with Crippen LogP contribution in [0.5, 0.6) is 0 Å². The molecule has 0 aliphatic rings. The molecule has 0 bridgehead atoms. The van der Waals surface area contributed by atoms with E-state index in [2.05, 4.69) is 21.4 Å². The highest BCUT2D eigenvalue weighted by Gasteiger charge is 2.14. The molecule has 0 spiro atoms. The zero-order chi connectivity index (χ0) is 16.1. The first-order chi connectivity index (χ1) is 10.5. The van der Waals surface area contributed by atoms with Crippen LogP contribution in [0.15, 0.2) is 22.5 Å². The Morgan fingerprint density at radius 3 is 2.91 bits per heavy atom. The molecule has 0 aromatic carbocycles. The molecule has 2 aromatic heterocycles. The largest absolute Gasteiger partial charge is 0.348 e. The normalized spacial score (nSPS) is 11.7. The lowest BCUT2D eigenvalue weighted by molar-refractivity contribution is -0.119. The SMILES string of the molecule is Cc1nc(C)c(C#N)c(SCC(=O)NC(C)c2cccs2)n1. The summed E-state index contributed by atoms with van der Waals surface area (Å²) in [6.07, 6.45) is 0. The number of thioether (sulfide) groups is 1. The Bertz CT molecular complexity index is 707. The average molecular weight is 332 g/mol. The van der Waals surface area contributed by atoms with Crippen LogP contribution in [0.4, 0.5) is 0 Å². The molecule has 1 unspecified atom stereocenters. The highest BCUT2D eigenvalue weighted by molar-refractivity contribution is 8.00. The third-order valence-corrected chi connectivity index (χ3v) is 5.00. The summed E-state index contributed by atoms with van der Waals surface area (Å²) in [5.74, 6) is 0.746. The Labute approximate surface area is 137 Å². The molecule has 0 fully saturated rings. The second-order valence-electron chi connectivity index (χ2n) is 4.74. The minimum atomic E-state index is -0.0799. The van der Waals surface area contributed by atoms with Crippen LogP contribution >= 0.6 is 23.1 Å². The lowest BCUT2D eigenvalue weighted by Gasteiger charge is -2.12. The van der Waals surface area contributed by atoms with Crippen LogP contribution < -0.4 is 5.32 Å². The van der Waals surface area contributed by atoms with E-state index in [9.17, 15) is 10.1 Å². The number of aromatic nitrogens is 2. The van der Waals surface area contributed by atoms with Crippen molar-refractivity contribution in [3.8, 4) is 6.07 Å². The maximum Gasteiger partial charge on any atom is 0.230 e. The summed E-state index contributed by atoms with van der Waals surface area (Å²) in [4.78, 5) is 21.6. The number of nitriles is 1. The van der Waals surface area contributed by atoms with Crippen LogP contribution in [0.2, 0.25) is 0 Å². The molecule has 1 amide bonds. The molecule has 2 aromatic rings. The molecule has 0 saturated carbocycles. The van der Waals surface area contributed by atoms with Crippen LogP contribution in [0.25, 0.3) is 0 Å². The average Bonchev–Trinajstić information content (AvgIpc) is 2.99. The Balaban J connectivity index is 1.98. The highest BCUT2D eigenvalue weighted by atomic mass is 32.2. The quantitative estimate of drug-likeness (QED) is 0.672. The molecule has 1 N–H and O–H groups in total. The summed E-state index contributed by atoms with van der Waals surface area (Å²) in [6.45, 7) is 5.50. The summed E-state index contributed by atoms with van der Waals surface area (Å²) in [5, 5.41) is 14.7. The van der Waals surface area contributed by atoms with Crippen molar-refractivity contribution in [3.63, 3.8) is 0 Å². The molecule has 22 heavy (non-hydrogen) atoms. The standard InChI is InChI=1S/C15H16N4OS2/c1-9-12(7-16)15(19-11(3)17-9)22-8-14(20)18-10(2)13-5-4-6-21-13/h4-6,10H,8H2,1-3H3,(H,18,20). The van der Waals surface area contributed by atoms with Gasteiger partial charge in [0, 0.05) is 4.88 Å². The fraction of sp³-hybridized carbons (Fsp3) is 0.333. The van der Waals surface area contributed by atoms with Crippen molar-refractivity contribution >= 4 is 29.0 Å². The minimum Gasteiger partial charge on any atom is -0.348 e. The summed E-state index contributed by atoms with van der Waals surface area (Å²) < 4.78 is 0. The molecular weight excluding hydrogens is 316 g/mol. The first-order valence-electron chi connectivity index (χ1n) is 6.72. The van der Waals surface area contributed by atoms with Gasteiger partial charge in [0.25, 0.3) is 0 Å². The molecule has 114 valence electrons. The molecule has 0 radical (unpaired) electrons. The maximum absolute atomic E-state index is 12.0. The van der Waals surface area contributed by atoms with Crippen molar-refractivity contribution in [2.45, 2.75) is 31.8 Å². The van der Waals surface area contributed by atoms with Crippen molar-refractivity contribution in [2.75, 3.05) is 5.75 Å². The van der Waals surface area contributed by atoms with Crippen molar-refractivity contribution in [3.05, 3.63) is 39.5 Å². The molecule has 1 atom stereocenters. The smallest absolute Gasteiger partial charge is 0.230 e. The van der Waals surface area contributed by atoms with Crippen LogP contribution in [0.3, 0.4) is 0 Å². The van der Waals surface area contributed by atoms with Gasteiger partial charge in [-0.25, -0.2) is 9.97 Å². The van der Waals surface area contributed by atoms with Gasteiger partial charge >= 0.3 is 0 Å². The van der Waals surface area contributed by atoms with Gasteiger partial charge in [-0.2, -0.15) is 5.26 Å². The van der Waals surface area contributed by atoms with Gasteiger partial charge < -0.3 is 5.32 Å². The second-order valence-corrected chi connectivity index (χ2v) is 6.68.